The van der Waals surface area contributed by atoms with E-state index in [4.69, 9.17) is 15.3 Å². The molecule has 5 nitrogen and oxygen atoms in total. The summed E-state index contributed by atoms with van der Waals surface area (Å²) in [5.74, 6) is -1.36. The van der Waals surface area contributed by atoms with Gasteiger partial charge in [0.25, 0.3) is 0 Å². The lowest BCUT2D eigenvalue weighted by molar-refractivity contribution is 0.215. The Hall–Kier alpha value is -1.91. The summed E-state index contributed by atoms with van der Waals surface area (Å²) >= 11 is 0. The minimum atomic E-state index is -0.547. The van der Waals surface area contributed by atoms with Crippen molar-refractivity contribution in [3.63, 3.8) is 0 Å². The summed E-state index contributed by atoms with van der Waals surface area (Å²) in [6.07, 6.45) is 1.29. The van der Waals surface area contributed by atoms with Gasteiger partial charge in [-0.25, -0.2) is 0 Å². The standard InChI is InChI=1S/C8H9NO4/c1-13-9-4-5-2-6(10)8(12)7(11)3-5/h2-4,10-12H,1H3/b9-4+. The summed E-state index contributed by atoms with van der Waals surface area (Å²) in [6, 6.07) is 2.50. The normalized spacial score (nSPS) is 10.5. The number of rotatable bonds is 2. The Morgan fingerprint density at radius 2 is 1.77 bits per heavy atom. The van der Waals surface area contributed by atoms with Crippen molar-refractivity contribution in [1.82, 2.24) is 0 Å². The van der Waals surface area contributed by atoms with Crippen molar-refractivity contribution < 1.29 is 20.2 Å². The molecule has 5 heteroatoms. The zero-order valence-electron chi connectivity index (χ0n) is 6.93. The molecule has 70 valence electrons. The Bertz CT molecular complexity index is 312. The second kappa shape index (κ2) is 3.66. The first-order valence-electron chi connectivity index (χ1n) is 3.46. The van der Waals surface area contributed by atoms with E-state index in [9.17, 15) is 0 Å². The van der Waals surface area contributed by atoms with Crippen molar-refractivity contribution in [2.45, 2.75) is 0 Å². The molecule has 0 radical (unpaired) electrons. The fourth-order valence-corrected chi connectivity index (χ4v) is 0.813. The predicted molar refractivity (Wildman–Crippen MR) is 46.0 cm³/mol. The summed E-state index contributed by atoms with van der Waals surface area (Å²) in [5.41, 5.74) is 0.426. The molecule has 0 saturated carbocycles. The zero-order valence-corrected chi connectivity index (χ0v) is 6.93. The number of aromatic hydroxyl groups is 3. The highest BCUT2D eigenvalue weighted by molar-refractivity contribution is 5.81. The van der Waals surface area contributed by atoms with Crippen LogP contribution in [-0.2, 0) is 4.84 Å². The van der Waals surface area contributed by atoms with Crippen LogP contribution in [0.3, 0.4) is 0 Å². The molecule has 13 heavy (non-hydrogen) atoms. The molecule has 0 heterocycles. The van der Waals surface area contributed by atoms with Crippen molar-refractivity contribution in [1.29, 1.82) is 0 Å². The fraction of sp³-hybridized carbons (Fsp3) is 0.125. The molecule has 0 aliphatic carbocycles. The fourth-order valence-electron chi connectivity index (χ4n) is 0.813. The van der Waals surface area contributed by atoms with Gasteiger partial charge in [-0.05, 0) is 12.1 Å². The topological polar surface area (TPSA) is 82.3 Å². The molecule has 0 saturated heterocycles. The molecule has 0 spiro atoms. The maximum atomic E-state index is 9.07. The molecular formula is C8H9NO4. The van der Waals surface area contributed by atoms with Gasteiger partial charge < -0.3 is 20.2 Å². The van der Waals surface area contributed by atoms with Gasteiger partial charge in [0.1, 0.15) is 7.11 Å². The van der Waals surface area contributed by atoms with E-state index in [-0.39, 0.29) is 0 Å². The first kappa shape index (κ1) is 9.18. The Morgan fingerprint density at radius 3 is 2.23 bits per heavy atom. The van der Waals surface area contributed by atoms with Crippen molar-refractivity contribution >= 4 is 6.21 Å². The highest BCUT2D eigenvalue weighted by Crippen LogP contribution is 2.34. The monoisotopic (exact) mass is 183 g/mol. The summed E-state index contributed by atoms with van der Waals surface area (Å²) in [6.45, 7) is 0. The van der Waals surface area contributed by atoms with Gasteiger partial charge in [-0.3, -0.25) is 0 Å². The van der Waals surface area contributed by atoms with Gasteiger partial charge in [0.05, 0.1) is 6.21 Å². The average Bonchev–Trinajstić information content (AvgIpc) is 2.10. The minimum Gasteiger partial charge on any atom is -0.504 e. The van der Waals surface area contributed by atoms with E-state index >= 15 is 0 Å². The maximum Gasteiger partial charge on any atom is 0.200 e. The lowest BCUT2D eigenvalue weighted by atomic mass is 10.2. The molecule has 3 N–H and O–H groups in total. The number of phenols is 3. The van der Waals surface area contributed by atoms with E-state index < -0.39 is 17.2 Å². The van der Waals surface area contributed by atoms with Crippen LogP contribution in [0.15, 0.2) is 17.3 Å². The molecule has 0 aromatic heterocycles. The molecule has 1 aromatic carbocycles. The van der Waals surface area contributed by atoms with Crippen molar-refractivity contribution in [3.8, 4) is 17.2 Å². The average molecular weight is 183 g/mol. The molecule has 1 aromatic rings. The molecule has 1 rings (SSSR count). The number of hydrogen-bond donors (Lipinski definition) is 3. The number of benzene rings is 1. The third kappa shape index (κ3) is 2.02. The van der Waals surface area contributed by atoms with Crippen molar-refractivity contribution in [3.05, 3.63) is 17.7 Å². The van der Waals surface area contributed by atoms with Crippen LogP contribution in [0.5, 0.6) is 17.2 Å². The van der Waals surface area contributed by atoms with Gasteiger partial charge in [0.2, 0.25) is 0 Å². The smallest absolute Gasteiger partial charge is 0.200 e. The lowest BCUT2D eigenvalue weighted by Crippen LogP contribution is -1.82. The van der Waals surface area contributed by atoms with Crippen LogP contribution in [0.25, 0.3) is 0 Å². The Kier molecular flexibility index (Phi) is 2.59. The van der Waals surface area contributed by atoms with Crippen LogP contribution in [0.1, 0.15) is 5.56 Å². The van der Waals surface area contributed by atoms with E-state index in [1.54, 1.807) is 0 Å². The van der Waals surface area contributed by atoms with Crippen molar-refractivity contribution in [2.75, 3.05) is 7.11 Å². The van der Waals surface area contributed by atoms with Crippen LogP contribution in [-0.4, -0.2) is 28.6 Å². The Morgan fingerprint density at radius 1 is 1.23 bits per heavy atom. The number of phenolic OH excluding ortho intramolecular Hbond substituents is 3. The number of nitrogens with zero attached hydrogens (tertiary/aromatic N) is 1. The van der Waals surface area contributed by atoms with E-state index in [1.165, 1.54) is 25.5 Å². The van der Waals surface area contributed by atoms with Gasteiger partial charge in [0, 0.05) is 5.56 Å². The molecule has 0 aliphatic heterocycles. The third-order valence-corrected chi connectivity index (χ3v) is 1.40. The Labute approximate surface area is 74.5 Å². The van der Waals surface area contributed by atoms with Gasteiger partial charge >= 0.3 is 0 Å². The molecule has 0 bridgehead atoms. The van der Waals surface area contributed by atoms with Crippen LogP contribution in [0, 0.1) is 0 Å². The van der Waals surface area contributed by atoms with Gasteiger partial charge in [0.15, 0.2) is 17.2 Å². The van der Waals surface area contributed by atoms with Crippen molar-refractivity contribution in [2.24, 2.45) is 5.16 Å². The van der Waals surface area contributed by atoms with Crippen LogP contribution in [0.4, 0.5) is 0 Å². The molecule has 0 unspecified atom stereocenters. The highest BCUT2D eigenvalue weighted by atomic mass is 16.6. The minimum absolute atomic E-state index is 0.405. The first-order valence-corrected chi connectivity index (χ1v) is 3.46. The van der Waals surface area contributed by atoms with Gasteiger partial charge in [-0.1, -0.05) is 5.16 Å². The highest BCUT2D eigenvalue weighted by Gasteiger charge is 2.06. The van der Waals surface area contributed by atoms with Crippen LogP contribution >= 0.6 is 0 Å². The Balaban J connectivity index is 3.06. The lowest BCUT2D eigenvalue weighted by Gasteiger charge is -2.01. The zero-order chi connectivity index (χ0) is 9.84. The van der Waals surface area contributed by atoms with Crippen LogP contribution in [0.2, 0.25) is 0 Å². The molecule has 0 amide bonds. The number of hydrogen-bond acceptors (Lipinski definition) is 5. The van der Waals surface area contributed by atoms with Gasteiger partial charge in [-0.2, -0.15) is 0 Å². The SMILES string of the molecule is CO/N=C/c1cc(O)c(O)c(O)c1. The van der Waals surface area contributed by atoms with E-state index in [0.717, 1.165) is 0 Å². The van der Waals surface area contributed by atoms with E-state index in [1.807, 2.05) is 0 Å². The van der Waals surface area contributed by atoms with Crippen LogP contribution < -0.4 is 0 Å². The summed E-state index contributed by atoms with van der Waals surface area (Å²) in [7, 11) is 1.37. The van der Waals surface area contributed by atoms with E-state index in [2.05, 4.69) is 9.99 Å². The summed E-state index contributed by atoms with van der Waals surface area (Å²) < 4.78 is 0. The molecular weight excluding hydrogens is 174 g/mol. The largest absolute Gasteiger partial charge is 0.504 e. The van der Waals surface area contributed by atoms with Gasteiger partial charge in [-0.15, -0.1) is 0 Å². The molecule has 0 atom stereocenters. The molecule has 0 aliphatic rings. The third-order valence-electron chi connectivity index (χ3n) is 1.40. The predicted octanol–water partition coefficient (Wildman–Crippen LogP) is 0.784. The maximum absolute atomic E-state index is 9.07. The summed E-state index contributed by atoms with van der Waals surface area (Å²) in [4.78, 5) is 4.40. The second-order valence-corrected chi connectivity index (χ2v) is 2.32. The second-order valence-electron chi connectivity index (χ2n) is 2.32. The van der Waals surface area contributed by atoms with E-state index in [0.29, 0.717) is 5.56 Å². The quantitative estimate of drug-likeness (QED) is 0.359. The number of oxime groups is 1. The summed E-state index contributed by atoms with van der Waals surface area (Å²) in [5, 5.41) is 30.5. The molecule has 0 fully saturated rings. The first-order chi connectivity index (χ1) is 6.15.